The van der Waals surface area contributed by atoms with Gasteiger partial charge in [0, 0.05) is 17.8 Å². The first kappa shape index (κ1) is 18.9. The van der Waals surface area contributed by atoms with Crippen LogP contribution in [0.2, 0.25) is 0 Å². The van der Waals surface area contributed by atoms with E-state index in [-0.39, 0.29) is 11.8 Å². The molecule has 2 N–H and O–H groups in total. The predicted molar refractivity (Wildman–Crippen MR) is 99.4 cm³/mol. The zero-order valence-electron chi connectivity index (χ0n) is 14.7. The Hall–Kier alpha value is -2.41. The van der Waals surface area contributed by atoms with Crippen molar-refractivity contribution in [1.82, 2.24) is 10.3 Å². The number of benzene rings is 1. The molecule has 7 heteroatoms. The van der Waals surface area contributed by atoms with Crippen molar-refractivity contribution in [1.29, 1.82) is 0 Å². The van der Waals surface area contributed by atoms with E-state index in [0.717, 1.165) is 10.6 Å². The van der Waals surface area contributed by atoms with E-state index < -0.39 is 0 Å². The monoisotopic (exact) mass is 361 g/mol. The van der Waals surface area contributed by atoms with E-state index in [4.69, 9.17) is 4.74 Å². The number of hydrogen-bond donors (Lipinski definition) is 2. The first-order valence-corrected chi connectivity index (χ1v) is 9.06. The number of thiazole rings is 1. The van der Waals surface area contributed by atoms with Crippen LogP contribution in [0, 0.1) is 13.8 Å². The van der Waals surface area contributed by atoms with E-state index in [1.807, 2.05) is 26.8 Å². The molecular weight excluding hydrogens is 338 g/mol. The number of aromatic nitrogens is 1. The standard InChI is InChI=1S/C18H23N3O3S/c1-4-24-15-9-6-5-8-14(15)17(23)19-11-7-10-16(22)21-18-20-12(2)13(3)25-18/h5-6,8-9H,4,7,10-11H2,1-3H3,(H,19,23)(H,20,21,22). The smallest absolute Gasteiger partial charge is 0.255 e. The number of carbonyl (C=O) groups is 2. The number of rotatable bonds is 8. The molecule has 0 aliphatic carbocycles. The minimum Gasteiger partial charge on any atom is -0.493 e. The van der Waals surface area contributed by atoms with Gasteiger partial charge in [-0.3, -0.25) is 9.59 Å². The average molecular weight is 361 g/mol. The zero-order valence-corrected chi connectivity index (χ0v) is 15.5. The molecule has 0 radical (unpaired) electrons. The fourth-order valence-electron chi connectivity index (χ4n) is 2.19. The number of para-hydroxylation sites is 1. The third-order valence-corrected chi connectivity index (χ3v) is 4.56. The van der Waals surface area contributed by atoms with Crippen LogP contribution in [0.1, 0.15) is 40.7 Å². The maximum Gasteiger partial charge on any atom is 0.255 e. The van der Waals surface area contributed by atoms with Crippen LogP contribution in [0.4, 0.5) is 5.13 Å². The molecule has 0 unspecified atom stereocenters. The molecule has 0 bridgehead atoms. The van der Waals surface area contributed by atoms with Gasteiger partial charge in [-0.1, -0.05) is 12.1 Å². The zero-order chi connectivity index (χ0) is 18.2. The SMILES string of the molecule is CCOc1ccccc1C(=O)NCCCC(=O)Nc1nc(C)c(C)s1. The normalized spacial score (nSPS) is 10.4. The maximum absolute atomic E-state index is 12.2. The van der Waals surface area contributed by atoms with Crippen molar-refractivity contribution in [3.05, 3.63) is 40.4 Å². The van der Waals surface area contributed by atoms with Gasteiger partial charge in [0.1, 0.15) is 5.75 Å². The molecule has 1 aromatic heterocycles. The van der Waals surface area contributed by atoms with Crippen LogP contribution in [0.15, 0.2) is 24.3 Å². The van der Waals surface area contributed by atoms with Crippen molar-refractivity contribution in [3.63, 3.8) is 0 Å². The molecule has 1 heterocycles. The molecule has 2 rings (SSSR count). The highest BCUT2D eigenvalue weighted by Gasteiger charge is 2.12. The number of anilines is 1. The second-order valence-electron chi connectivity index (χ2n) is 5.50. The molecular formula is C18H23N3O3S. The van der Waals surface area contributed by atoms with Gasteiger partial charge in [0.05, 0.1) is 17.9 Å². The van der Waals surface area contributed by atoms with Crippen molar-refractivity contribution in [2.24, 2.45) is 0 Å². The van der Waals surface area contributed by atoms with Gasteiger partial charge in [0.25, 0.3) is 5.91 Å². The first-order valence-electron chi connectivity index (χ1n) is 8.25. The summed E-state index contributed by atoms with van der Waals surface area (Å²) in [6, 6.07) is 7.11. The van der Waals surface area contributed by atoms with Crippen molar-refractivity contribution >= 4 is 28.3 Å². The number of hydrogen-bond acceptors (Lipinski definition) is 5. The largest absolute Gasteiger partial charge is 0.493 e. The number of nitrogens with one attached hydrogen (secondary N) is 2. The van der Waals surface area contributed by atoms with Crippen LogP contribution < -0.4 is 15.4 Å². The lowest BCUT2D eigenvalue weighted by Gasteiger charge is -2.10. The van der Waals surface area contributed by atoms with E-state index in [9.17, 15) is 9.59 Å². The quantitative estimate of drug-likeness (QED) is 0.707. The Morgan fingerprint density at radius 1 is 1.24 bits per heavy atom. The first-order chi connectivity index (χ1) is 12.0. The Morgan fingerprint density at radius 2 is 2.00 bits per heavy atom. The van der Waals surface area contributed by atoms with Crippen molar-refractivity contribution in [3.8, 4) is 5.75 Å². The molecule has 25 heavy (non-hydrogen) atoms. The third-order valence-electron chi connectivity index (χ3n) is 3.57. The molecule has 0 aliphatic heterocycles. The fraction of sp³-hybridized carbons (Fsp3) is 0.389. The summed E-state index contributed by atoms with van der Waals surface area (Å²) in [5.74, 6) is 0.267. The second-order valence-corrected chi connectivity index (χ2v) is 6.70. The van der Waals surface area contributed by atoms with Gasteiger partial charge >= 0.3 is 0 Å². The molecule has 1 aromatic carbocycles. The summed E-state index contributed by atoms with van der Waals surface area (Å²) in [4.78, 5) is 29.5. The molecule has 0 fully saturated rings. The lowest BCUT2D eigenvalue weighted by atomic mass is 10.2. The van der Waals surface area contributed by atoms with Gasteiger partial charge in [-0.05, 0) is 39.3 Å². The van der Waals surface area contributed by atoms with Crippen LogP contribution in [-0.2, 0) is 4.79 Å². The van der Waals surface area contributed by atoms with Gasteiger partial charge in [0.2, 0.25) is 5.91 Å². The Kier molecular flexibility index (Phi) is 6.94. The van der Waals surface area contributed by atoms with Crippen LogP contribution >= 0.6 is 11.3 Å². The summed E-state index contributed by atoms with van der Waals surface area (Å²) in [6.45, 7) is 6.68. The summed E-state index contributed by atoms with van der Waals surface area (Å²) < 4.78 is 5.45. The highest BCUT2D eigenvalue weighted by atomic mass is 32.1. The van der Waals surface area contributed by atoms with Crippen molar-refractivity contribution in [2.75, 3.05) is 18.5 Å². The Balaban J connectivity index is 1.75. The number of aryl methyl sites for hydroxylation is 2. The second kappa shape index (κ2) is 9.17. The fourth-order valence-corrected chi connectivity index (χ4v) is 3.02. The topological polar surface area (TPSA) is 80.3 Å². The summed E-state index contributed by atoms with van der Waals surface area (Å²) in [5.41, 5.74) is 1.43. The van der Waals surface area contributed by atoms with E-state index in [1.165, 1.54) is 11.3 Å². The van der Waals surface area contributed by atoms with Gasteiger partial charge < -0.3 is 15.4 Å². The minimum atomic E-state index is -0.198. The summed E-state index contributed by atoms with van der Waals surface area (Å²) >= 11 is 1.46. The van der Waals surface area contributed by atoms with Gasteiger partial charge in [-0.25, -0.2) is 4.98 Å². The van der Waals surface area contributed by atoms with Crippen molar-refractivity contribution < 1.29 is 14.3 Å². The lowest BCUT2D eigenvalue weighted by molar-refractivity contribution is -0.116. The molecule has 0 aliphatic rings. The van der Waals surface area contributed by atoms with E-state index >= 15 is 0 Å². The highest BCUT2D eigenvalue weighted by molar-refractivity contribution is 7.15. The summed E-state index contributed by atoms with van der Waals surface area (Å²) in [6.07, 6.45) is 0.878. The molecule has 134 valence electrons. The van der Waals surface area contributed by atoms with E-state index in [1.54, 1.807) is 18.2 Å². The van der Waals surface area contributed by atoms with Gasteiger partial charge in [-0.2, -0.15) is 0 Å². The Bertz CT molecular complexity index is 723. The van der Waals surface area contributed by atoms with Crippen LogP contribution in [0.3, 0.4) is 0 Å². The maximum atomic E-state index is 12.2. The molecule has 0 saturated heterocycles. The number of ether oxygens (including phenoxy) is 1. The molecule has 0 spiro atoms. The van der Waals surface area contributed by atoms with Crippen LogP contribution in [0.25, 0.3) is 0 Å². The molecule has 6 nitrogen and oxygen atoms in total. The minimum absolute atomic E-state index is 0.0993. The third kappa shape index (κ3) is 5.56. The van der Waals surface area contributed by atoms with Crippen LogP contribution in [-0.4, -0.2) is 29.9 Å². The predicted octanol–water partition coefficient (Wildman–Crippen LogP) is 3.31. The van der Waals surface area contributed by atoms with Crippen LogP contribution in [0.5, 0.6) is 5.75 Å². The van der Waals surface area contributed by atoms with E-state index in [2.05, 4.69) is 15.6 Å². The number of amides is 2. The van der Waals surface area contributed by atoms with Crippen molar-refractivity contribution in [2.45, 2.75) is 33.6 Å². The molecule has 2 aromatic rings. The summed E-state index contributed by atoms with van der Waals surface area (Å²) in [7, 11) is 0. The average Bonchev–Trinajstić information content (AvgIpc) is 2.89. The number of carbonyl (C=O) groups excluding carboxylic acids is 2. The van der Waals surface area contributed by atoms with Gasteiger partial charge in [0.15, 0.2) is 5.13 Å². The lowest BCUT2D eigenvalue weighted by Crippen LogP contribution is -2.26. The van der Waals surface area contributed by atoms with E-state index in [0.29, 0.717) is 42.4 Å². The highest BCUT2D eigenvalue weighted by Crippen LogP contribution is 2.21. The molecule has 0 atom stereocenters. The Morgan fingerprint density at radius 3 is 2.68 bits per heavy atom. The summed E-state index contributed by atoms with van der Waals surface area (Å²) in [5, 5.41) is 6.22. The molecule has 0 saturated carbocycles. The number of nitrogens with zero attached hydrogens (tertiary/aromatic N) is 1. The molecule has 2 amide bonds. The Labute approximate surface area is 151 Å². The van der Waals surface area contributed by atoms with Gasteiger partial charge in [-0.15, -0.1) is 11.3 Å².